The Bertz CT molecular complexity index is 575. The zero-order chi connectivity index (χ0) is 13.2. The van der Waals surface area contributed by atoms with Crippen LogP contribution in [0.5, 0.6) is 0 Å². The number of hydrogen-bond acceptors (Lipinski definition) is 4. The number of nitrogen functional groups attached to an aromatic ring is 1. The van der Waals surface area contributed by atoms with E-state index in [1.807, 2.05) is 12.1 Å². The van der Waals surface area contributed by atoms with Gasteiger partial charge in [-0.3, -0.25) is 5.41 Å². The van der Waals surface area contributed by atoms with Crippen LogP contribution in [0.1, 0.15) is 23.4 Å². The molecule has 0 radical (unpaired) electrons. The van der Waals surface area contributed by atoms with E-state index >= 15 is 0 Å². The topological polar surface area (TPSA) is 66.0 Å². The number of rotatable bonds is 5. The van der Waals surface area contributed by atoms with Gasteiger partial charge in [0.25, 0.3) is 0 Å². The SMILES string of the molecule is N=C(N)c1cccc(N(Cc2cccs2)C2CC2)n1. The maximum Gasteiger partial charge on any atom is 0.141 e. The van der Waals surface area contributed by atoms with E-state index < -0.39 is 0 Å². The van der Waals surface area contributed by atoms with E-state index in [2.05, 4.69) is 27.4 Å². The Morgan fingerprint density at radius 1 is 1.37 bits per heavy atom. The van der Waals surface area contributed by atoms with E-state index in [0.29, 0.717) is 11.7 Å². The fourth-order valence-corrected chi connectivity index (χ4v) is 2.79. The van der Waals surface area contributed by atoms with Crippen LogP contribution >= 0.6 is 11.3 Å². The third-order valence-corrected chi connectivity index (χ3v) is 4.06. The number of nitrogens with two attached hydrogens (primary N) is 1. The summed E-state index contributed by atoms with van der Waals surface area (Å²) >= 11 is 1.77. The van der Waals surface area contributed by atoms with Crippen LogP contribution in [0.25, 0.3) is 0 Å². The first-order valence-electron chi connectivity index (χ1n) is 6.34. The van der Waals surface area contributed by atoms with Crippen molar-refractivity contribution in [1.29, 1.82) is 5.41 Å². The molecule has 1 aliphatic rings. The summed E-state index contributed by atoms with van der Waals surface area (Å²) < 4.78 is 0. The summed E-state index contributed by atoms with van der Waals surface area (Å²) in [4.78, 5) is 8.15. The molecule has 1 fully saturated rings. The van der Waals surface area contributed by atoms with Gasteiger partial charge in [0.2, 0.25) is 0 Å². The van der Waals surface area contributed by atoms with Crippen LogP contribution < -0.4 is 10.6 Å². The first-order chi connectivity index (χ1) is 9.24. The molecule has 0 atom stereocenters. The summed E-state index contributed by atoms with van der Waals surface area (Å²) in [6, 6.07) is 10.5. The van der Waals surface area contributed by atoms with Crippen molar-refractivity contribution in [2.24, 2.45) is 5.73 Å². The van der Waals surface area contributed by atoms with Gasteiger partial charge in [-0.2, -0.15) is 0 Å². The number of thiophene rings is 1. The van der Waals surface area contributed by atoms with E-state index in [-0.39, 0.29) is 5.84 Å². The van der Waals surface area contributed by atoms with Gasteiger partial charge in [-0.25, -0.2) is 4.98 Å². The van der Waals surface area contributed by atoms with Crippen LogP contribution in [0, 0.1) is 5.41 Å². The molecule has 19 heavy (non-hydrogen) atoms. The van der Waals surface area contributed by atoms with Crippen LogP contribution in [-0.2, 0) is 6.54 Å². The van der Waals surface area contributed by atoms with Crippen molar-refractivity contribution in [1.82, 2.24) is 4.98 Å². The predicted octanol–water partition coefficient (Wildman–Crippen LogP) is 2.60. The van der Waals surface area contributed by atoms with Gasteiger partial charge in [0, 0.05) is 10.9 Å². The van der Waals surface area contributed by atoms with Crippen molar-refractivity contribution in [3.8, 4) is 0 Å². The van der Waals surface area contributed by atoms with Gasteiger partial charge in [0.15, 0.2) is 0 Å². The standard InChI is InChI=1S/C14H16N4S/c15-14(16)12-4-1-5-13(17-12)18(10-6-7-10)9-11-3-2-8-19-11/h1-5,8,10H,6-7,9H2,(H3,15,16). The van der Waals surface area contributed by atoms with Crippen LogP contribution in [0.15, 0.2) is 35.7 Å². The lowest BCUT2D eigenvalue weighted by Gasteiger charge is -2.23. The first kappa shape index (κ1) is 12.2. The van der Waals surface area contributed by atoms with Gasteiger partial charge in [-0.1, -0.05) is 12.1 Å². The van der Waals surface area contributed by atoms with Crippen molar-refractivity contribution >= 4 is 23.0 Å². The second kappa shape index (κ2) is 5.01. The molecule has 2 heterocycles. The van der Waals surface area contributed by atoms with Gasteiger partial charge in [-0.15, -0.1) is 11.3 Å². The van der Waals surface area contributed by atoms with Crippen molar-refractivity contribution < 1.29 is 0 Å². The second-order valence-electron chi connectivity index (χ2n) is 4.73. The highest BCUT2D eigenvalue weighted by Crippen LogP contribution is 2.32. The number of pyridine rings is 1. The average molecular weight is 272 g/mol. The molecule has 2 aromatic rings. The lowest BCUT2D eigenvalue weighted by molar-refractivity contribution is 0.786. The van der Waals surface area contributed by atoms with Crippen molar-refractivity contribution in [2.45, 2.75) is 25.4 Å². The summed E-state index contributed by atoms with van der Waals surface area (Å²) in [6.45, 7) is 0.886. The number of nitrogens with one attached hydrogen (secondary N) is 1. The normalized spacial score (nSPS) is 14.3. The molecule has 98 valence electrons. The third-order valence-electron chi connectivity index (χ3n) is 3.20. The third kappa shape index (κ3) is 2.76. The Morgan fingerprint density at radius 3 is 2.84 bits per heavy atom. The largest absolute Gasteiger partial charge is 0.382 e. The predicted molar refractivity (Wildman–Crippen MR) is 78.8 cm³/mol. The Labute approximate surface area is 116 Å². The van der Waals surface area contributed by atoms with Gasteiger partial charge in [0.05, 0.1) is 6.54 Å². The molecular weight excluding hydrogens is 256 g/mol. The number of aromatic nitrogens is 1. The summed E-state index contributed by atoms with van der Waals surface area (Å²) in [6.07, 6.45) is 2.44. The molecule has 5 heteroatoms. The summed E-state index contributed by atoms with van der Waals surface area (Å²) in [5.74, 6) is 0.942. The summed E-state index contributed by atoms with van der Waals surface area (Å²) in [5, 5.41) is 9.59. The zero-order valence-corrected chi connectivity index (χ0v) is 11.4. The molecule has 0 aromatic carbocycles. The average Bonchev–Trinajstić information content (AvgIpc) is 3.13. The van der Waals surface area contributed by atoms with Crippen LogP contribution in [0.2, 0.25) is 0 Å². The van der Waals surface area contributed by atoms with E-state index in [9.17, 15) is 0 Å². The maximum absolute atomic E-state index is 7.49. The molecule has 1 saturated carbocycles. The Balaban J connectivity index is 1.87. The van der Waals surface area contributed by atoms with Gasteiger partial charge in [-0.05, 0) is 36.4 Å². The molecule has 3 N–H and O–H groups in total. The van der Waals surface area contributed by atoms with E-state index in [0.717, 1.165) is 12.4 Å². The van der Waals surface area contributed by atoms with Gasteiger partial charge < -0.3 is 10.6 Å². The quantitative estimate of drug-likeness (QED) is 0.649. The molecule has 1 aliphatic carbocycles. The highest BCUT2D eigenvalue weighted by Gasteiger charge is 2.30. The van der Waals surface area contributed by atoms with E-state index in [1.54, 1.807) is 17.4 Å². The highest BCUT2D eigenvalue weighted by molar-refractivity contribution is 7.09. The van der Waals surface area contributed by atoms with E-state index in [4.69, 9.17) is 11.1 Å². The minimum Gasteiger partial charge on any atom is -0.382 e. The molecular formula is C14H16N4S. The van der Waals surface area contributed by atoms with Crippen LogP contribution in [-0.4, -0.2) is 16.9 Å². The number of amidine groups is 1. The lowest BCUT2D eigenvalue weighted by Crippen LogP contribution is -2.26. The van der Waals surface area contributed by atoms with Crippen molar-refractivity contribution in [3.63, 3.8) is 0 Å². The molecule has 0 bridgehead atoms. The summed E-state index contributed by atoms with van der Waals surface area (Å²) in [5.41, 5.74) is 6.07. The maximum atomic E-state index is 7.49. The molecule has 0 spiro atoms. The molecule has 4 nitrogen and oxygen atoms in total. The van der Waals surface area contributed by atoms with Crippen LogP contribution in [0.4, 0.5) is 5.82 Å². The minimum atomic E-state index is 0.0220. The monoisotopic (exact) mass is 272 g/mol. The Morgan fingerprint density at radius 2 is 2.21 bits per heavy atom. The number of anilines is 1. The molecule has 0 aliphatic heterocycles. The molecule has 0 saturated heterocycles. The molecule has 0 amide bonds. The second-order valence-corrected chi connectivity index (χ2v) is 5.77. The minimum absolute atomic E-state index is 0.0220. The molecule has 3 rings (SSSR count). The van der Waals surface area contributed by atoms with Crippen molar-refractivity contribution in [3.05, 3.63) is 46.3 Å². The Hall–Kier alpha value is -1.88. The van der Waals surface area contributed by atoms with Crippen LogP contribution in [0.3, 0.4) is 0 Å². The van der Waals surface area contributed by atoms with E-state index in [1.165, 1.54) is 17.7 Å². The molecule has 2 aromatic heterocycles. The Kier molecular flexibility index (Phi) is 3.21. The number of nitrogens with zero attached hydrogens (tertiary/aromatic N) is 2. The fraction of sp³-hybridized carbons (Fsp3) is 0.286. The molecule has 0 unspecified atom stereocenters. The van der Waals surface area contributed by atoms with Gasteiger partial charge >= 0.3 is 0 Å². The first-order valence-corrected chi connectivity index (χ1v) is 7.22. The zero-order valence-electron chi connectivity index (χ0n) is 10.5. The fourth-order valence-electron chi connectivity index (χ4n) is 2.09. The van der Waals surface area contributed by atoms with Crippen molar-refractivity contribution in [2.75, 3.05) is 4.90 Å². The smallest absolute Gasteiger partial charge is 0.141 e. The summed E-state index contributed by atoms with van der Waals surface area (Å²) in [7, 11) is 0. The lowest BCUT2D eigenvalue weighted by atomic mass is 10.3. The van der Waals surface area contributed by atoms with Gasteiger partial charge in [0.1, 0.15) is 17.3 Å². The number of hydrogen-bond donors (Lipinski definition) is 2. The highest BCUT2D eigenvalue weighted by atomic mass is 32.1.